The average molecular weight is 210 g/mol. The Morgan fingerprint density at radius 2 is 2.36 bits per heavy atom. The number of hydrogen-bond donors (Lipinski definition) is 2. The maximum atomic E-state index is 8.64. The number of aliphatic hydroxyl groups excluding tert-OH is 1. The van der Waals surface area contributed by atoms with Crippen LogP contribution in [-0.2, 0) is 0 Å². The van der Waals surface area contributed by atoms with E-state index in [0.29, 0.717) is 10.7 Å². The zero-order valence-electron chi connectivity index (χ0n) is 7.24. The molecular formula is C9H8ClN3O. The quantitative estimate of drug-likeness (QED) is 0.739. The Balaban J connectivity index is 2.58. The molecule has 0 saturated heterocycles. The van der Waals surface area contributed by atoms with Gasteiger partial charge in [-0.2, -0.15) is 0 Å². The van der Waals surface area contributed by atoms with Gasteiger partial charge in [-0.1, -0.05) is 23.8 Å². The molecule has 2 rings (SSSR count). The van der Waals surface area contributed by atoms with Gasteiger partial charge in [-0.25, -0.2) is 9.97 Å². The lowest BCUT2D eigenvalue weighted by atomic mass is 10.2. The van der Waals surface area contributed by atoms with Gasteiger partial charge < -0.3 is 10.1 Å². The van der Waals surface area contributed by atoms with Crippen molar-refractivity contribution in [3.05, 3.63) is 29.3 Å². The standard InChI is InChI=1S/C9H8ClN3O/c10-9-8-7(12-5-13-9)6(4-11-8)2-1-3-14/h1-2,4-5,11,14H,3H2. The summed E-state index contributed by atoms with van der Waals surface area (Å²) in [6.07, 6.45) is 6.60. The Morgan fingerprint density at radius 3 is 3.14 bits per heavy atom. The molecule has 2 N–H and O–H groups in total. The van der Waals surface area contributed by atoms with Crippen molar-refractivity contribution in [1.82, 2.24) is 15.0 Å². The highest BCUT2D eigenvalue weighted by Gasteiger charge is 2.05. The molecule has 0 aliphatic heterocycles. The molecule has 0 radical (unpaired) electrons. The van der Waals surface area contributed by atoms with E-state index in [2.05, 4.69) is 15.0 Å². The first-order chi connectivity index (χ1) is 6.83. The average Bonchev–Trinajstić information content (AvgIpc) is 2.60. The molecule has 0 amide bonds. The third kappa shape index (κ3) is 1.49. The number of hydrogen-bond acceptors (Lipinski definition) is 3. The largest absolute Gasteiger partial charge is 0.392 e. The van der Waals surface area contributed by atoms with Crippen LogP contribution in [0, 0.1) is 0 Å². The number of aliphatic hydroxyl groups is 1. The van der Waals surface area contributed by atoms with Crippen LogP contribution in [-0.4, -0.2) is 26.7 Å². The summed E-state index contributed by atoms with van der Waals surface area (Å²) in [4.78, 5) is 10.9. The minimum atomic E-state index is 0.00545. The van der Waals surface area contributed by atoms with Crippen molar-refractivity contribution in [3.63, 3.8) is 0 Å². The van der Waals surface area contributed by atoms with E-state index in [1.165, 1.54) is 6.33 Å². The number of halogens is 1. The molecule has 2 aromatic rings. The van der Waals surface area contributed by atoms with Gasteiger partial charge in [-0.3, -0.25) is 0 Å². The molecule has 0 fully saturated rings. The molecule has 72 valence electrons. The highest BCUT2D eigenvalue weighted by Crippen LogP contribution is 2.21. The van der Waals surface area contributed by atoms with E-state index in [0.717, 1.165) is 11.1 Å². The van der Waals surface area contributed by atoms with E-state index in [1.54, 1.807) is 18.3 Å². The molecule has 0 spiro atoms. The van der Waals surface area contributed by atoms with Gasteiger partial charge in [0.15, 0.2) is 5.15 Å². The summed E-state index contributed by atoms with van der Waals surface area (Å²) >= 11 is 5.85. The van der Waals surface area contributed by atoms with Gasteiger partial charge in [-0.05, 0) is 0 Å². The third-order valence-corrected chi connectivity index (χ3v) is 2.14. The SMILES string of the molecule is OCC=Cc1c[nH]c2c(Cl)ncnc12. The highest BCUT2D eigenvalue weighted by atomic mass is 35.5. The number of nitrogens with zero attached hydrogens (tertiary/aromatic N) is 2. The van der Waals surface area contributed by atoms with E-state index in [-0.39, 0.29) is 6.61 Å². The van der Waals surface area contributed by atoms with Crippen molar-refractivity contribution in [2.24, 2.45) is 0 Å². The Hall–Kier alpha value is -1.39. The second-order valence-corrected chi connectivity index (χ2v) is 3.08. The van der Waals surface area contributed by atoms with Crippen LogP contribution in [0.15, 0.2) is 18.6 Å². The van der Waals surface area contributed by atoms with Crippen molar-refractivity contribution in [3.8, 4) is 0 Å². The summed E-state index contributed by atoms with van der Waals surface area (Å²) in [5.41, 5.74) is 2.36. The first kappa shape index (κ1) is 9.18. The number of aromatic amines is 1. The normalized spacial score (nSPS) is 11.6. The predicted octanol–water partition coefficient (Wildman–Crippen LogP) is 1.62. The smallest absolute Gasteiger partial charge is 0.156 e. The highest BCUT2D eigenvalue weighted by molar-refractivity contribution is 6.33. The summed E-state index contributed by atoms with van der Waals surface area (Å²) in [6, 6.07) is 0. The summed E-state index contributed by atoms with van der Waals surface area (Å²) < 4.78 is 0. The Kier molecular flexibility index (Phi) is 2.47. The molecule has 4 nitrogen and oxygen atoms in total. The monoisotopic (exact) mass is 209 g/mol. The molecule has 2 heterocycles. The van der Waals surface area contributed by atoms with E-state index < -0.39 is 0 Å². The molecular weight excluding hydrogens is 202 g/mol. The molecule has 2 aromatic heterocycles. The van der Waals surface area contributed by atoms with E-state index in [9.17, 15) is 0 Å². The molecule has 0 aliphatic rings. The second kappa shape index (κ2) is 3.77. The Bertz CT molecular complexity index is 478. The summed E-state index contributed by atoms with van der Waals surface area (Å²) in [6.45, 7) is 0.00545. The van der Waals surface area contributed by atoms with Crippen LogP contribution < -0.4 is 0 Å². The lowest BCUT2D eigenvalue weighted by molar-refractivity contribution is 0.343. The predicted molar refractivity (Wildman–Crippen MR) is 55.0 cm³/mol. The molecule has 0 saturated carbocycles. The van der Waals surface area contributed by atoms with Gasteiger partial charge >= 0.3 is 0 Å². The first-order valence-corrected chi connectivity index (χ1v) is 4.45. The van der Waals surface area contributed by atoms with E-state index in [1.807, 2.05) is 0 Å². The van der Waals surface area contributed by atoms with Gasteiger partial charge in [-0.15, -0.1) is 0 Å². The van der Waals surface area contributed by atoms with Gasteiger partial charge in [0.05, 0.1) is 6.61 Å². The van der Waals surface area contributed by atoms with Crippen LogP contribution in [0.5, 0.6) is 0 Å². The van der Waals surface area contributed by atoms with Crippen LogP contribution in [0.4, 0.5) is 0 Å². The third-order valence-electron chi connectivity index (χ3n) is 1.85. The van der Waals surface area contributed by atoms with Gasteiger partial charge in [0.2, 0.25) is 0 Å². The first-order valence-electron chi connectivity index (χ1n) is 4.08. The summed E-state index contributed by atoms with van der Waals surface area (Å²) in [5, 5.41) is 9.04. The van der Waals surface area contributed by atoms with E-state index in [4.69, 9.17) is 16.7 Å². The van der Waals surface area contributed by atoms with Crippen molar-refractivity contribution < 1.29 is 5.11 Å². The number of fused-ring (bicyclic) bond motifs is 1. The second-order valence-electron chi connectivity index (χ2n) is 2.72. The number of aromatic nitrogens is 3. The molecule has 14 heavy (non-hydrogen) atoms. The molecule has 0 unspecified atom stereocenters. The van der Waals surface area contributed by atoms with Crippen molar-refractivity contribution >= 4 is 28.7 Å². The Morgan fingerprint density at radius 1 is 1.50 bits per heavy atom. The fraction of sp³-hybridized carbons (Fsp3) is 0.111. The van der Waals surface area contributed by atoms with Crippen LogP contribution in [0.25, 0.3) is 17.1 Å². The molecule has 0 aliphatic carbocycles. The van der Waals surface area contributed by atoms with Crippen LogP contribution >= 0.6 is 11.6 Å². The minimum Gasteiger partial charge on any atom is -0.392 e. The van der Waals surface area contributed by atoms with E-state index >= 15 is 0 Å². The number of nitrogens with one attached hydrogen (secondary N) is 1. The number of H-pyrrole nitrogens is 1. The van der Waals surface area contributed by atoms with Gasteiger partial charge in [0.1, 0.15) is 17.4 Å². The fourth-order valence-electron chi connectivity index (χ4n) is 1.24. The maximum absolute atomic E-state index is 8.64. The van der Waals surface area contributed by atoms with Crippen molar-refractivity contribution in [2.75, 3.05) is 6.61 Å². The molecule has 0 atom stereocenters. The lowest BCUT2D eigenvalue weighted by Gasteiger charge is -1.91. The topological polar surface area (TPSA) is 61.8 Å². The minimum absolute atomic E-state index is 0.00545. The maximum Gasteiger partial charge on any atom is 0.156 e. The van der Waals surface area contributed by atoms with Crippen LogP contribution in [0.2, 0.25) is 5.15 Å². The zero-order valence-corrected chi connectivity index (χ0v) is 7.99. The fourth-order valence-corrected chi connectivity index (χ4v) is 1.42. The van der Waals surface area contributed by atoms with Gasteiger partial charge in [0, 0.05) is 11.8 Å². The lowest BCUT2D eigenvalue weighted by Crippen LogP contribution is -1.81. The van der Waals surface area contributed by atoms with Crippen molar-refractivity contribution in [1.29, 1.82) is 0 Å². The molecule has 5 heteroatoms. The number of rotatable bonds is 2. The Labute approximate surface area is 85.3 Å². The van der Waals surface area contributed by atoms with Crippen molar-refractivity contribution in [2.45, 2.75) is 0 Å². The summed E-state index contributed by atoms with van der Waals surface area (Å²) in [5.74, 6) is 0. The molecule has 0 bridgehead atoms. The van der Waals surface area contributed by atoms with Crippen LogP contribution in [0.1, 0.15) is 5.56 Å². The summed E-state index contributed by atoms with van der Waals surface area (Å²) in [7, 11) is 0. The molecule has 0 aromatic carbocycles. The van der Waals surface area contributed by atoms with Crippen LogP contribution in [0.3, 0.4) is 0 Å². The zero-order chi connectivity index (χ0) is 9.97. The van der Waals surface area contributed by atoms with Gasteiger partial charge in [0.25, 0.3) is 0 Å².